The first kappa shape index (κ1) is 12.8. The Morgan fingerprint density at radius 3 is 2.00 bits per heavy atom. The molecular weight excluding hydrogens is 210 g/mol. The van der Waals surface area contributed by atoms with Crippen molar-refractivity contribution in [2.75, 3.05) is 7.05 Å². The summed E-state index contributed by atoms with van der Waals surface area (Å²) >= 11 is 3.67. The van der Waals surface area contributed by atoms with Crippen LogP contribution in [-0.4, -0.2) is 34.4 Å². The lowest BCUT2D eigenvalue weighted by Gasteiger charge is -2.53. The van der Waals surface area contributed by atoms with Gasteiger partial charge in [-0.3, -0.25) is 4.90 Å². The second-order valence-electron chi connectivity index (χ2n) is 5.60. The highest BCUT2D eigenvalue weighted by molar-refractivity contribution is 7.96. The van der Waals surface area contributed by atoms with Crippen LogP contribution in [-0.2, 0) is 4.74 Å². The molecule has 1 heterocycles. The van der Waals surface area contributed by atoms with Crippen LogP contribution in [0.3, 0.4) is 0 Å². The first-order chi connectivity index (χ1) is 6.65. The van der Waals surface area contributed by atoms with Crippen LogP contribution in [0.2, 0.25) is 0 Å². The van der Waals surface area contributed by atoms with E-state index in [9.17, 15) is 4.79 Å². The molecule has 1 aliphatic heterocycles. The fraction of sp³-hybridized carbons (Fsp3) is 0.909. The Labute approximate surface area is 97.6 Å². The molecule has 1 fully saturated rings. The molecule has 0 N–H and O–H groups in total. The molecule has 0 aromatic carbocycles. The number of ether oxygens (including phenoxy) is 1. The Balaban J connectivity index is 2.79. The van der Waals surface area contributed by atoms with Gasteiger partial charge in [-0.1, -0.05) is 12.6 Å². The lowest BCUT2D eigenvalue weighted by molar-refractivity contribution is -0.0638. The zero-order chi connectivity index (χ0) is 11.9. The number of rotatable bonds is 1. The average molecular weight is 231 g/mol. The van der Waals surface area contributed by atoms with E-state index in [4.69, 9.17) is 4.74 Å². The van der Waals surface area contributed by atoms with Crippen LogP contribution in [0.1, 0.15) is 40.5 Å². The Hall–Kier alpha value is -0.220. The second-order valence-corrected chi connectivity index (χ2v) is 5.96. The number of piperidine rings is 1. The van der Waals surface area contributed by atoms with E-state index in [1.807, 2.05) is 0 Å². The molecule has 4 heteroatoms. The molecule has 1 saturated heterocycles. The van der Waals surface area contributed by atoms with Crippen LogP contribution in [0.5, 0.6) is 0 Å². The summed E-state index contributed by atoms with van der Waals surface area (Å²) in [6.45, 7) is 8.70. The van der Waals surface area contributed by atoms with Gasteiger partial charge in [-0.05, 0) is 34.7 Å². The average Bonchev–Trinajstić information content (AvgIpc) is 1.97. The van der Waals surface area contributed by atoms with Gasteiger partial charge < -0.3 is 4.74 Å². The summed E-state index contributed by atoms with van der Waals surface area (Å²) in [4.78, 5) is 13.2. The molecule has 0 unspecified atom stereocenters. The molecule has 15 heavy (non-hydrogen) atoms. The van der Waals surface area contributed by atoms with Gasteiger partial charge in [-0.25, -0.2) is 4.79 Å². The summed E-state index contributed by atoms with van der Waals surface area (Å²) in [5.41, 5.74) is 0.102. The third kappa shape index (κ3) is 2.88. The summed E-state index contributed by atoms with van der Waals surface area (Å²) in [7, 11) is 2.12. The van der Waals surface area contributed by atoms with Gasteiger partial charge in [0.1, 0.15) is 6.10 Å². The van der Waals surface area contributed by atoms with Crippen molar-refractivity contribution in [1.82, 2.24) is 4.90 Å². The minimum Gasteiger partial charge on any atom is -0.454 e. The quantitative estimate of drug-likeness (QED) is 0.556. The molecule has 0 aromatic heterocycles. The van der Waals surface area contributed by atoms with Gasteiger partial charge in [-0.2, -0.15) is 0 Å². The third-order valence-electron chi connectivity index (χ3n) is 3.54. The second kappa shape index (κ2) is 3.98. The Bertz CT molecular complexity index is 245. The summed E-state index contributed by atoms with van der Waals surface area (Å²) in [5, 5.41) is -0.476. The van der Waals surface area contributed by atoms with E-state index >= 15 is 0 Å². The van der Waals surface area contributed by atoms with Crippen molar-refractivity contribution in [3.8, 4) is 0 Å². The molecule has 0 aromatic rings. The largest absolute Gasteiger partial charge is 0.454 e. The topological polar surface area (TPSA) is 29.5 Å². The number of hydrogen-bond donors (Lipinski definition) is 1. The molecule has 0 radical (unpaired) electrons. The Morgan fingerprint density at radius 1 is 1.27 bits per heavy atom. The van der Waals surface area contributed by atoms with Crippen molar-refractivity contribution in [2.24, 2.45) is 0 Å². The smallest absolute Gasteiger partial charge is 0.364 e. The van der Waals surface area contributed by atoms with Gasteiger partial charge in [-0.15, -0.1) is 0 Å². The Kier molecular flexibility index (Phi) is 3.41. The van der Waals surface area contributed by atoms with Crippen molar-refractivity contribution in [3.63, 3.8) is 0 Å². The minimum atomic E-state index is -0.476. The molecule has 1 aliphatic rings. The molecule has 0 saturated carbocycles. The SMILES string of the molecule is CN1C(C)(C)CC(OC(=O)S)CC1(C)C. The van der Waals surface area contributed by atoms with E-state index in [0.717, 1.165) is 12.8 Å². The van der Waals surface area contributed by atoms with Crippen molar-refractivity contribution in [2.45, 2.75) is 57.7 Å². The van der Waals surface area contributed by atoms with Gasteiger partial charge in [0, 0.05) is 23.9 Å². The highest BCUT2D eigenvalue weighted by Crippen LogP contribution is 2.38. The molecule has 0 spiro atoms. The molecule has 88 valence electrons. The van der Waals surface area contributed by atoms with E-state index < -0.39 is 5.30 Å². The van der Waals surface area contributed by atoms with E-state index in [2.05, 4.69) is 52.3 Å². The van der Waals surface area contributed by atoms with Crippen molar-refractivity contribution >= 4 is 17.9 Å². The van der Waals surface area contributed by atoms with E-state index in [1.54, 1.807) is 0 Å². The van der Waals surface area contributed by atoms with Crippen LogP contribution >= 0.6 is 12.6 Å². The molecule has 0 atom stereocenters. The molecule has 0 aliphatic carbocycles. The lowest BCUT2D eigenvalue weighted by Crippen LogP contribution is -2.60. The fourth-order valence-electron chi connectivity index (χ4n) is 2.51. The molecule has 1 rings (SSSR count). The van der Waals surface area contributed by atoms with Crippen molar-refractivity contribution in [3.05, 3.63) is 0 Å². The summed E-state index contributed by atoms with van der Waals surface area (Å²) in [6, 6.07) is 0. The number of thiol groups is 1. The van der Waals surface area contributed by atoms with Crippen LogP contribution < -0.4 is 0 Å². The lowest BCUT2D eigenvalue weighted by atomic mass is 9.79. The van der Waals surface area contributed by atoms with Gasteiger partial charge in [0.2, 0.25) is 0 Å². The number of carbonyl (C=O) groups is 1. The number of carbonyl (C=O) groups excluding carboxylic acids is 1. The van der Waals surface area contributed by atoms with E-state index in [1.165, 1.54) is 0 Å². The van der Waals surface area contributed by atoms with Crippen molar-refractivity contribution in [1.29, 1.82) is 0 Å². The van der Waals surface area contributed by atoms with Gasteiger partial charge in [0.05, 0.1) is 0 Å². The number of hydrogen-bond acceptors (Lipinski definition) is 3. The van der Waals surface area contributed by atoms with Gasteiger partial charge in [0.15, 0.2) is 0 Å². The van der Waals surface area contributed by atoms with Crippen LogP contribution in [0.15, 0.2) is 0 Å². The maximum atomic E-state index is 10.8. The first-order valence-corrected chi connectivity index (χ1v) is 5.73. The van der Waals surface area contributed by atoms with Crippen LogP contribution in [0.4, 0.5) is 4.79 Å². The molecule has 3 nitrogen and oxygen atoms in total. The Morgan fingerprint density at radius 2 is 1.67 bits per heavy atom. The normalized spacial score (nSPS) is 26.3. The van der Waals surface area contributed by atoms with E-state index in [-0.39, 0.29) is 17.2 Å². The highest BCUT2D eigenvalue weighted by atomic mass is 32.1. The maximum Gasteiger partial charge on any atom is 0.364 e. The number of nitrogens with zero attached hydrogens (tertiary/aromatic N) is 1. The fourth-order valence-corrected chi connectivity index (χ4v) is 2.65. The summed E-state index contributed by atoms with van der Waals surface area (Å²) < 4.78 is 5.21. The standard InChI is InChI=1S/C11H21NO2S/c1-10(2)6-8(14-9(13)15)7-11(3,4)12(10)5/h8H,6-7H2,1-5H3,(H,13,15). The van der Waals surface area contributed by atoms with E-state index in [0.29, 0.717) is 0 Å². The predicted octanol–water partition coefficient (Wildman–Crippen LogP) is 2.70. The van der Waals surface area contributed by atoms with Crippen LogP contribution in [0, 0.1) is 0 Å². The minimum absolute atomic E-state index is 0.0174. The summed E-state index contributed by atoms with van der Waals surface area (Å²) in [6.07, 6.45) is 1.70. The monoisotopic (exact) mass is 231 g/mol. The highest BCUT2D eigenvalue weighted by Gasteiger charge is 2.44. The molecular formula is C11H21NO2S. The van der Waals surface area contributed by atoms with Crippen molar-refractivity contribution < 1.29 is 9.53 Å². The van der Waals surface area contributed by atoms with Gasteiger partial charge in [0.25, 0.3) is 0 Å². The first-order valence-electron chi connectivity index (χ1n) is 5.29. The third-order valence-corrected chi connectivity index (χ3v) is 3.64. The number of likely N-dealkylation sites (tertiary alicyclic amines) is 1. The maximum absolute atomic E-state index is 10.8. The molecule has 0 amide bonds. The summed E-state index contributed by atoms with van der Waals surface area (Å²) in [5.74, 6) is 0. The van der Waals surface area contributed by atoms with Crippen LogP contribution in [0.25, 0.3) is 0 Å². The zero-order valence-electron chi connectivity index (χ0n) is 10.2. The zero-order valence-corrected chi connectivity index (χ0v) is 11.1. The van der Waals surface area contributed by atoms with Gasteiger partial charge >= 0.3 is 5.30 Å². The molecule has 0 bridgehead atoms. The predicted molar refractivity (Wildman–Crippen MR) is 64.4 cm³/mol.